The summed E-state index contributed by atoms with van der Waals surface area (Å²) in [5.74, 6) is 0.584. The highest BCUT2D eigenvalue weighted by Crippen LogP contribution is 2.15. The average Bonchev–Trinajstić information content (AvgIpc) is 2.34. The molecule has 1 aromatic carbocycles. The fourth-order valence-corrected chi connectivity index (χ4v) is 1.73. The number of rotatable bonds is 3. The molecule has 0 aliphatic carbocycles. The standard InChI is InChI=1S/C13H14FN3/c1-9-6-11(7-10(2)13(9)14)8-15-12-4-3-5-16-17-12/h3-7H,8H2,1-2H3,(H,15,17). The summed E-state index contributed by atoms with van der Waals surface area (Å²) in [6.07, 6.45) is 1.62. The van der Waals surface area contributed by atoms with Crippen LogP contribution < -0.4 is 5.32 Å². The summed E-state index contributed by atoms with van der Waals surface area (Å²) < 4.78 is 13.4. The number of nitrogens with zero attached hydrogens (tertiary/aromatic N) is 2. The van der Waals surface area contributed by atoms with Gasteiger partial charge in [-0.2, -0.15) is 5.10 Å². The second kappa shape index (κ2) is 4.91. The van der Waals surface area contributed by atoms with Crippen molar-refractivity contribution in [1.29, 1.82) is 0 Å². The fourth-order valence-electron chi connectivity index (χ4n) is 1.73. The Labute approximate surface area is 99.7 Å². The lowest BCUT2D eigenvalue weighted by molar-refractivity contribution is 0.608. The van der Waals surface area contributed by atoms with Crippen molar-refractivity contribution < 1.29 is 4.39 Å². The van der Waals surface area contributed by atoms with E-state index in [9.17, 15) is 4.39 Å². The lowest BCUT2D eigenvalue weighted by Gasteiger charge is -2.08. The average molecular weight is 231 g/mol. The first-order valence-electron chi connectivity index (χ1n) is 5.44. The molecule has 1 N–H and O–H groups in total. The van der Waals surface area contributed by atoms with Gasteiger partial charge in [0.25, 0.3) is 0 Å². The minimum Gasteiger partial charge on any atom is -0.365 e. The molecule has 88 valence electrons. The molecule has 17 heavy (non-hydrogen) atoms. The molecule has 2 rings (SSSR count). The lowest BCUT2D eigenvalue weighted by atomic mass is 10.1. The number of nitrogens with one attached hydrogen (secondary N) is 1. The smallest absolute Gasteiger partial charge is 0.148 e. The monoisotopic (exact) mass is 231 g/mol. The molecule has 1 aromatic heterocycles. The minimum absolute atomic E-state index is 0.131. The van der Waals surface area contributed by atoms with E-state index in [2.05, 4.69) is 15.5 Å². The van der Waals surface area contributed by atoms with Gasteiger partial charge in [-0.05, 0) is 42.7 Å². The first kappa shape index (κ1) is 11.5. The Morgan fingerprint density at radius 1 is 1.24 bits per heavy atom. The predicted molar refractivity (Wildman–Crippen MR) is 65.2 cm³/mol. The Morgan fingerprint density at radius 3 is 2.53 bits per heavy atom. The van der Waals surface area contributed by atoms with Crippen LogP contribution in [0.15, 0.2) is 30.5 Å². The van der Waals surface area contributed by atoms with E-state index in [0.717, 1.165) is 5.56 Å². The first-order valence-corrected chi connectivity index (χ1v) is 5.44. The van der Waals surface area contributed by atoms with Gasteiger partial charge >= 0.3 is 0 Å². The summed E-state index contributed by atoms with van der Waals surface area (Å²) in [6, 6.07) is 7.34. The molecule has 1 heterocycles. The van der Waals surface area contributed by atoms with Gasteiger partial charge in [-0.1, -0.05) is 12.1 Å². The molecule has 0 saturated carbocycles. The van der Waals surface area contributed by atoms with Gasteiger partial charge in [0, 0.05) is 12.7 Å². The van der Waals surface area contributed by atoms with Gasteiger partial charge in [-0.25, -0.2) is 4.39 Å². The van der Waals surface area contributed by atoms with E-state index in [1.807, 2.05) is 24.3 Å². The lowest BCUT2D eigenvalue weighted by Crippen LogP contribution is -2.03. The Balaban J connectivity index is 2.10. The number of benzene rings is 1. The topological polar surface area (TPSA) is 37.8 Å². The van der Waals surface area contributed by atoms with Crippen molar-refractivity contribution in [3.63, 3.8) is 0 Å². The minimum atomic E-state index is -0.131. The maximum Gasteiger partial charge on any atom is 0.148 e. The van der Waals surface area contributed by atoms with Crippen LogP contribution in [-0.2, 0) is 6.54 Å². The van der Waals surface area contributed by atoms with Crippen molar-refractivity contribution in [2.75, 3.05) is 5.32 Å². The third kappa shape index (κ3) is 2.78. The van der Waals surface area contributed by atoms with E-state index >= 15 is 0 Å². The van der Waals surface area contributed by atoms with Crippen LogP contribution in [0, 0.1) is 19.7 Å². The molecule has 0 aliphatic heterocycles. The van der Waals surface area contributed by atoms with E-state index in [4.69, 9.17) is 0 Å². The van der Waals surface area contributed by atoms with E-state index < -0.39 is 0 Å². The van der Waals surface area contributed by atoms with Crippen LogP contribution in [0.25, 0.3) is 0 Å². The molecule has 0 bridgehead atoms. The molecule has 0 amide bonds. The molecule has 4 heteroatoms. The Hall–Kier alpha value is -1.97. The number of aryl methyl sites for hydroxylation is 2. The van der Waals surface area contributed by atoms with Crippen LogP contribution in [-0.4, -0.2) is 10.2 Å². The van der Waals surface area contributed by atoms with E-state index in [-0.39, 0.29) is 5.82 Å². The Bertz CT molecular complexity index is 488. The van der Waals surface area contributed by atoms with Crippen LogP contribution in [0.4, 0.5) is 10.2 Å². The second-order valence-electron chi connectivity index (χ2n) is 4.01. The Morgan fingerprint density at radius 2 is 1.94 bits per heavy atom. The van der Waals surface area contributed by atoms with Crippen LogP contribution in [0.5, 0.6) is 0 Å². The molecule has 0 radical (unpaired) electrons. The highest BCUT2D eigenvalue weighted by molar-refractivity contribution is 5.36. The van der Waals surface area contributed by atoms with Gasteiger partial charge in [-0.15, -0.1) is 5.10 Å². The zero-order valence-electron chi connectivity index (χ0n) is 9.87. The van der Waals surface area contributed by atoms with Crippen LogP contribution in [0.2, 0.25) is 0 Å². The molecule has 0 unspecified atom stereocenters. The number of halogens is 1. The fraction of sp³-hybridized carbons (Fsp3) is 0.231. The SMILES string of the molecule is Cc1cc(CNc2cccnn2)cc(C)c1F. The summed E-state index contributed by atoms with van der Waals surface area (Å²) in [6.45, 7) is 4.16. The summed E-state index contributed by atoms with van der Waals surface area (Å²) in [5.41, 5.74) is 2.37. The zero-order valence-corrected chi connectivity index (χ0v) is 9.87. The summed E-state index contributed by atoms with van der Waals surface area (Å²) in [4.78, 5) is 0. The normalized spacial score (nSPS) is 10.3. The van der Waals surface area contributed by atoms with Gasteiger partial charge in [0.2, 0.25) is 0 Å². The Kier molecular flexibility index (Phi) is 3.32. The first-order chi connectivity index (χ1) is 8.16. The molecule has 0 spiro atoms. The number of anilines is 1. The molecule has 2 aromatic rings. The molecular weight excluding hydrogens is 217 g/mol. The molecule has 0 fully saturated rings. The molecular formula is C13H14FN3. The highest BCUT2D eigenvalue weighted by atomic mass is 19.1. The summed E-state index contributed by atoms with van der Waals surface area (Å²) in [5, 5.41) is 10.8. The number of aromatic nitrogens is 2. The van der Waals surface area contributed by atoms with Crippen LogP contribution >= 0.6 is 0 Å². The van der Waals surface area contributed by atoms with Gasteiger partial charge < -0.3 is 5.32 Å². The second-order valence-corrected chi connectivity index (χ2v) is 4.01. The van der Waals surface area contributed by atoms with Crippen molar-refractivity contribution in [2.45, 2.75) is 20.4 Å². The molecule has 0 atom stereocenters. The zero-order chi connectivity index (χ0) is 12.3. The number of hydrogen-bond acceptors (Lipinski definition) is 3. The molecule has 0 aliphatic rings. The van der Waals surface area contributed by atoms with Crippen molar-refractivity contribution in [3.8, 4) is 0 Å². The maximum absolute atomic E-state index is 13.4. The van der Waals surface area contributed by atoms with Gasteiger partial charge in [0.05, 0.1) is 0 Å². The third-order valence-electron chi connectivity index (χ3n) is 2.54. The van der Waals surface area contributed by atoms with Gasteiger partial charge in [-0.3, -0.25) is 0 Å². The van der Waals surface area contributed by atoms with Gasteiger partial charge in [0.1, 0.15) is 11.6 Å². The van der Waals surface area contributed by atoms with Crippen LogP contribution in [0.1, 0.15) is 16.7 Å². The highest BCUT2D eigenvalue weighted by Gasteiger charge is 2.04. The largest absolute Gasteiger partial charge is 0.365 e. The van der Waals surface area contributed by atoms with Gasteiger partial charge in [0.15, 0.2) is 0 Å². The quantitative estimate of drug-likeness (QED) is 0.882. The third-order valence-corrected chi connectivity index (χ3v) is 2.54. The van der Waals surface area contributed by atoms with Crippen molar-refractivity contribution >= 4 is 5.82 Å². The van der Waals surface area contributed by atoms with Crippen molar-refractivity contribution in [3.05, 3.63) is 53.0 Å². The van der Waals surface area contributed by atoms with Crippen molar-refractivity contribution in [2.24, 2.45) is 0 Å². The van der Waals surface area contributed by atoms with E-state index in [1.54, 1.807) is 20.0 Å². The predicted octanol–water partition coefficient (Wildman–Crippen LogP) is 2.84. The molecule has 3 nitrogen and oxygen atoms in total. The summed E-state index contributed by atoms with van der Waals surface area (Å²) in [7, 11) is 0. The van der Waals surface area contributed by atoms with E-state index in [0.29, 0.717) is 23.5 Å². The maximum atomic E-state index is 13.4. The summed E-state index contributed by atoms with van der Waals surface area (Å²) >= 11 is 0. The van der Waals surface area contributed by atoms with Crippen molar-refractivity contribution in [1.82, 2.24) is 10.2 Å². The molecule has 0 saturated heterocycles. The number of hydrogen-bond donors (Lipinski definition) is 1. The van der Waals surface area contributed by atoms with Crippen LogP contribution in [0.3, 0.4) is 0 Å². The van der Waals surface area contributed by atoms with E-state index in [1.165, 1.54) is 0 Å².